The second-order valence-electron chi connectivity index (χ2n) is 5.15. The van der Waals surface area contributed by atoms with Gasteiger partial charge in [0.2, 0.25) is 5.91 Å². The van der Waals surface area contributed by atoms with Crippen molar-refractivity contribution in [1.82, 2.24) is 5.32 Å². The van der Waals surface area contributed by atoms with E-state index in [-0.39, 0.29) is 16.4 Å². The van der Waals surface area contributed by atoms with Gasteiger partial charge in [0.15, 0.2) is 0 Å². The van der Waals surface area contributed by atoms with E-state index >= 15 is 0 Å². The van der Waals surface area contributed by atoms with Crippen LogP contribution in [0.5, 0.6) is 0 Å². The molecule has 1 heterocycles. The molecule has 1 fully saturated rings. The number of nitrogens with one attached hydrogen (secondary N) is 1. The lowest BCUT2D eigenvalue weighted by molar-refractivity contribution is -0.118. The van der Waals surface area contributed by atoms with Crippen molar-refractivity contribution in [1.29, 1.82) is 0 Å². The Labute approximate surface area is 133 Å². The van der Waals surface area contributed by atoms with Crippen LogP contribution < -0.4 is 10.2 Å². The molecular weight excluding hydrogens is 296 g/mol. The van der Waals surface area contributed by atoms with Crippen LogP contribution in [0.3, 0.4) is 0 Å². The van der Waals surface area contributed by atoms with Gasteiger partial charge in [-0.25, -0.2) is 0 Å². The van der Waals surface area contributed by atoms with Crippen molar-refractivity contribution in [3.05, 3.63) is 60.2 Å². The number of rotatable bonds is 4. The maximum absolute atomic E-state index is 11.6. The van der Waals surface area contributed by atoms with E-state index in [0.29, 0.717) is 6.42 Å². The minimum Gasteiger partial charge on any atom is -0.345 e. The highest BCUT2D eigenvalue weighted by molar-refractivity contribution is 8.15. The molecule has 1 N–H and O–H groups in total. The summed E-state index contributed by atoms with van der Waals surface area (Å²) in [5.74, 6) is -0.194. The van der Waals surface area contributed by atoms with Crippen LogP contribution in [0.1, 0.15) is 5.56 Å². The lowest BCUT2D eigenvalue weighted by Crippen LogP contribution is -2.25. The van der Waals surface area contributed by atoms with E-state index in [9.17, 15) is 9.59 Å². The van der Waals surface area contributed by atoms with E-state index in [0.717, 1.165) is 28.7 Å². The molecule has 2 aromatic carbocycles. The highest BCUT2D eigenvalue weighted by atomic mass is 32.2. The van der Waals surface area contributed by atoms with Gasteiger partial charge in [0.25, 0.3) is 5.24 Å². The molecule has 2 aromatic rings. The Morgan fingerprint density at radius 3 is 2.23 bits per heavy atom. The number of nitrogens with zero attached hydrogens (tertiary/aromatic N) is 1. The lowest BCUT2D eigenvalue weighted by Gasteiger charge is -2.19. The second-order valence-corrected chi connectivity index (χ2v) is 6.32. The van der Waals surface area contributed by atoms with Crippen LogP contribution in [0.4, 0.5) is 16.2 Å². The molecule has 0 spiro atoms. The van der Waals surface area contributed by atoms with Crippen LogP contribution in [0, 0.1) is 0 Å². The number of imide groups is 1. The highest BCUT2D eigenvalue weighted by Gasteiger charge is 2.31. The third-order valence-corrected chi connectivity index (χ3v) is 4.64. The van der Waals surface area contributed by atoms with Gasteiger partial charge in [0.05, 0.1) is 5.25 Å². The smallest absolute Gasteiger partial charge is 0.286 e. The van der Waals surface area contributed by atoms with Gasteiger partial charge in [-0.15, -0.1) is 0 Å². The van der Waals surface area contributed by atoms with E-state index in [2.05, 4.69) is 22.3 Å². The van der Waals surface area contributed by atoms with Crippen molar-refractivity contribution in [3.63, 3.8) is 0 Å². The third kappa shape index (κ3) is 3.14. The number of para-hydroxylation sites is 1. The van der Waals surface area contributed by atoms with Crippen molar-refractivity contribution >= 4 is 34.3 Å². The Balaban J connectivity index is 1.70. The zero-order valence-electron chi connectivity index (χ0n) is 12.2. The molecule has 3 rings (SSSR count). The highest BCUT2D eigenvalue weighted by Crippen LogP contribution is 2.26. The quantitative estimate of drug-likeness (QED) is 0.940. The molecule has 22 heavy (non-hydrogen) atoms. The van der Waals surface area contributed by atoms with Crippen LogP contribution in [-0.2, 0) is 11.2 Å². The molecule has 1 aliphatic heterocycles. The number of hydrogen-bond donors (Lipinski definition) is 1. The van der Waals surface area contributed by atoms with Gasteiger partial charge < -0.3 is 4.90 Å². The van der Waals surface area contributed by atoms with E-state index < -0.39 is 0 Å². The predicted octanol–water partition coefficient (Wildman–Crippen LogP) is 3.35. The summed E-state index contributed by atoms with van der Waals surface area (Å²) in [6.07, 6.45) is 0.567. The fourth-order valence-electron chi connectivity index (χ4n) is 2.40. The second kappa shape index (κ2) is 6.23. The number of carbonyl (C=O) groups is 2. The number of amides is 2. The van der Waals surface area contributed by atoms with Gasteiger partial charge >= 0.3 is 0 Å². The summed E-state index contributed by atoms with van der Waals surface area (Å²) in [5, 5.41) is 1.75. The fourth-order valence-corrected chi connectivity index (χ4v) is 3.26. The van der Waals surface area contributed by atoms with E-state index in [1.165, 1.54) is 0 Å². The molecule has 0 aromatic heterocycles. The minimum absolute atomic E-state index is 0.194. The maximum Gasteiger partial charge on any atom is 0.286 e. The first-order valence-corrected chi connectivity index (χ1v) is 7.90. The summed E-state index contributed by atoms with van der Waals surface area (Å²) >= 11 is 1.07. The Morgan fingerprint density at radius 1 is 1.00 bits per heavy atom. The van der Waals surface area contributed by atoms with E-state index in [1.54, 1.807) is 0 Å². The number of benzene rings is 2. The molecule has 1 aliphatic rings. The summed E-state index contributed by atoms with van der Waals surface area (Å²) in [4.78, 5) is 24.9. The van der Waals surface area contributed by atoms with Gasteiger partial charge in [-0.1, -0.05) is 42.1 Å². The van der Waals surface area contributed by atoms with Gasteiger partial charge in [-0.3, -0.25) is 14.9 Å². The summed E-state index contributed by atoms with van der Waals surface area (Å²) in [6, 6.07) is 18.2. The summed E-state index contributed by atoms with van der Waals surface area (Å²) < 4.78 is 0. The molecule has 4 nitrogen and oxygen atoms in total. The fraction of sp³-hybridized carbons (Fsp3) is 0.176. The van der Waals surface area contributed by atoms with Crippen molar-refractivity contribution in [2.45, 2.75) is 11.7 Å². The topological polar surface area (TPSA) is 49.4 Å². The third-order valence-electron chi connectivity index (χ3n) is 3.66. The molecule has 0 bridgehead atoms. The molecule has 0 radical (unpaired) electrons. The number of thioether (sulfide) groups is 1. The number of anilines is 2. The summed E-state index contributed by atoms with van der Waals surface area (Å²) in [6.45, 7) is 0. The van der Waals surface area contributed by atoms with E-state index in [1.807, 2.05) is 49.5 Å². The first-order valence-electron chi connectivity index (χ1n) is 7.03. The van der Waals surface area contributed by atoms with Gasteiger partial charge in [-0.2, -0.15) is 0 Å². The van der Waals surface area contributed by atoms with Crippen molar-refractivity contribution in [2.24, 2.45) is 0 Å². The van der Waals surface area contributed by atoms with Crippen molar-refractivity contribution in [3.8, 4) is 0 Å². The van der Waals surface area contributed by atoms with Crippen molar-refractivity contribution < 1.29 is 9.59 Å². The molecule has 0 saturated carbocycles. The van der Waals surface area contributed by atoms with Crippen LogP contribution in [-0.4, -0.2) is 23.4 Å². The molecule has 5 heteroatoms. The monoisotopic (exact) mass is 312 g/mol. The minimum atomic E-state index is -0.315. The standard InChI is InChI=1S/C17H16N2O2S/c1-19(13-5-3-2-4-6-13)14-9-7-12(8-10-14)11-15-16(20)18-17(21)22-15/h2-10,15H,11H2,1H3,(H,18,20,21). The van der Waals surface area contributed by atoms with Crippen LogP contribution >= 0.6 is 11.8 Å². The Kier molecular flexibility index (Phi) is 4.15. The zero-order chi connectivity index (χ0) is 15.5. The molecule has 112 valence electrons. The van der Waals surface area contributed by atoms with E-state index in [4.69, 9.17) is 0 Å². The molecule has 1 saturated heterocycles. The lowest BCUT2D eigenvalue weighted by atomic mass is 10.1. The predicted molar refractivity (Wildman–Crippen MR) is 89.6 cm³/mol. The average Bonchev–Trinajstić information content (AvgIpc) is 2.86. The average molecular weight is 312 g/mol. The first kappa shape index (κ1) is 14.7. The molecule has 2 amide bonds. The molecule has 1 atom stereocenters. The molecule has 0 aliphatic carbocycles. The Morgan fingerprint density at radius 2 is 1.64 bits per heavy atom. The number of hydrogen-bond acceptors (Lipinski definition) is 4. The largest absolute Gasteiger partial charge is 0.345 e. The first-order chi connectivity index (χ1) is 10.6. The normalized spacial score (nSPS) is 17.4. The molecular formula is C17H16N2O2S. The molecule has 1 unspecified atom stereocenters. The van der Waals surface area contributed by atoms with Gasteiger partial charge in [-0.05, 0) is 36.2 Å². The maximum atomic E-state index is 11.6. The summed E-state index contributed by atoms with van der Waals surface area (Å²) in [7, 11) is 2.02. The Bertz CT molecular complexity index is 686. The van der Waals surface area contributed by atoms with Crippen LogP contribution in [0.15, 0.2) is 54.6 Å². The Hall–Kier alpha value is -2.27. The SMILES string of the molecule is CN(c1ccccc1)c1ccc(CC2SC(=O)NC2=O)cc1. The van der Waals surface area contributed by atoms with Crippen LogP contribution in [0.25, 0.3) is 0 Å². The van der Waals surface area contributed by atoms with Crippen molar-refractivity contribution in [2.75, 3.05) is 11.9 Å². The zero-order valence-corrected chi connectivity index (χ0v) is 13.0. The number of carbonyl (C=O) groups excluding carboxylic acids is 2. The van der Waals surface area contributed by atoms with Gasteiger partial charge in [0, 0.05) is 18.4 Å². The van der Waals surface area contributed by atoms with Crippen LogP contribution in [0.2, 0.25) is 0 Å². The summed E-state index contributed by atoms with van der Waals surface area (Å²) in [5.41, 5.74) is 3.24. The van der Waals surface area contributed by atoms with Gasteiger partial charge in [0.1, 0.15) is 0 Å².